The molecule has 1 fully saturated rings. The van der Waals surface area contributed by atoms with E-state index in [2.05, 4.69) is 56.1 Å². The van der Waals surface area contributed by atoms with Gasteiger partial charge in [-0.2, -0.15) is 0 Å². The van der Waals surface area contributed by atoms with Gasteiger partial charge < -0.3 is 4.74 Å². The van der Waals surface area contributed by atoms with E-state index in [9.17, 15) is 0 Å². The summed E-state index contributed by atoms with van der Waals surface area (Å²) in [7, 11) is 2.16. The minimum atomic E-state index is 0.225. The highest BCUT2D eigenvalue weighted by molar-refractivity contribution is 5.20. The molecule has 2 nitrogen and oxygen atoms in total. The quantitative estimate of drug-likeness (QED) is 0.774. The molecule has 0 aliphatic carbocycles. The third-order valence-corrected chi connectivity index (χ3v) is 3.50. The van der Waals surface area contributed by atoms with Crippen LogP contribution in [0.3, 0.4) is 0 Å². The fourth-order valence-electron chi connectivity index (χ4n) is 2.37. The molecular weight excluding hydrogens is 198 g/mol. The van der Waals surface area contributed by atoms with Gasteiger partial charge in [0.25, 0.3) is 0 Å². The fourth-order valence-corrected chi connectivity index (χ4v) is 2.37. The van der Waals surface area contributed by atoms with Crippen molar-refractivity contribution in [1.82, 2.24) is 4.90 Å². The van der Waals surface area contributed by atoms with Crippen molar-refractivity contribution in [2.75, 3.05) is 7.05 Å². The van der Waals surface area contributed by atoms with E-state index >= 15 is 0 Å². The Balaban J connectivity index is 2.13. The van der Waals surface area contributed by atoms with Crippen LogP contribution in [0.5, 0.6) is 0 Å². The first-order valence-corrected chi connectivity index (χ1v) is 6.16. The van der Waals surface area contributed by atoms with Crippen molar-refractivity contribution >= 4 is 0 Å². The summed E-state index contributed by atoms with van der Waals surface area (Å²) in [5.74, 6) is 0. The molecule has 0 saturated carbocycles. The first-order chi connectivity index (χ1) is 7.74. The summed E-state index contributed by atoms with van der Waals surface area (Å²) in [5, 5.41) is 0. The normalized spacial score (nSPS) is 30.8. The van der Waals surface area contributed by atoms with Crippen LogP contribution in [0.25, 0.3) is 0 Å². The zero-order valence-electron chi connectivity index (χ0n) is 10.4. The highest BCUT2D eigenvalue weighted by Gasteiger charge is 2.36. The fraction of sp³-hybridized carbons (Fsp3) is 0.571. The third kappa shape index (κ3) is 2.13. The van der Waals surface area contributed by atoms with E-state index in [0.29, 0.717) is 6.04 Å². The zero-order chi connectivity index (χ0) is 11.5. The van der Waals surface area contributed by atoms with Crippen LogP contribution >= 0.6 is 0 Å². The molecule has 2 heteroatoms. The van der Waals surface area contributed by atoms with Gasteiger partial charge >= 0.3 is 0 Å². The lowest BCUT2D eigenvalue weighted by atomic mass is 10.0. The highest BCUT2D eigenvalue weighted by Crippen LogP contribution is 2.34. The summed E-state index contributed by atoms with van der Waals surface area (Å²) in [6.07, 6.45) is 2.79. The van der Waals surface area contributed by atoms with Crippen molar-refractivity contribution in [3.8, 4) is 0 Å². The number of ether oxygens (including phenoxy) is 1. The lowest BCUT2D eigenvalue weighted by Crippen LogP contribution is -2.31. The molecule has 16 heavy (non-hydrogen) atoms. The van der Waals surface area contributed by atoms with E-state index in [1.807, 2.05) is 0 Å². The Hall–Kier alpha value is -0.860. The Bertz CT molecular complexity index is 325. The van der Waals surface area contributed by atoms with E-state index in [-0.39, 0.29) is 12.3 Å². The maximum Gasteiger partial charge on any atom is 0.111 e. The van der Waals surface area contributed by atoms with E-state index in [1.54, 1.807) is 0 Å². The molecule has 0 unspecified atom stereocenters. The molecule has 1 aliphatic heterocycles. The second kappa shape index (κ2) is 4.98. The molecule has 1 aliphatic rings. The van der Waals surface area contributed by atoms with Gasteiger partial charge in [-0.25, -0.2) is 0 Å². The minimum absolute atomic E-state index is 0.225. The second-order valence-electron chi connectivity index (χ2n) is 4.62. The lowest BCUT2D eigenvalue weighted by molar-refractivity contribution is 0.00144. The van der Waals surface area contributed by atoms with Crippen LogP contribution in [-0.2, 0) is 4.74 Å². The molecule has 88 valence electrons. The van der Waals surface area contributed by atoms with E-state index < -0.39 is 0 Å². The van der Waals surface area contributed by atoms with Gasteiger partial charge in [-0.3, -0.25) is 4.90 Å². The average Bonchev–Trinajstić information content (AvgIpc) is 2.59. The zero-order valence-corrected chi connectivity index (χ0v) is 10.4. The molecule has 1 heterocycles. The van der Waals surface area contributed by atoms with Crippen molar-refractivity contribution in [3.05, 3.63) is 35.9 Å². The van der Waals surface area contributed by atoms with Gasteiger partial charge in [0, 0.05) is 6.04 Å². The van der Waals surface area contributed by atoms with Gasteiger partial charge in [0.1, 0.15) is 6.23 Å². The molecule has 0 amide bonds. The SMILES string of the molecule is CCC[C@@H]1O[C@H](c2ccccc2)[C@H](C)N1C. The monoisotopic (exact) mass is 219 g/mol. The van der Waals surface area contributed by atoms with Crippen molar-refractivity contribution in [1.29, 1.82) is 0 Å². The third-order valence-electron chi connectivity index (χ3n) is 3.50. The average molecular weight is 219 g/mol. The number of nitrogens with zero attached hydrogens (tertiary/aromatic N) is 1. The number of benzene rings is 1. The molecule has 0 radical (unpaired) electrons. The molecule has 1 saturated heterocycles. The van der Waals surface area contributed by atoms with Crippen molar-refractivity contribution in [2.45, 2.75) is 45.1 Å². The number of likely N-dealkylation sites (N-methyl/N-ethyl adjacent to an activating group) is 1. The van der Waals surface area contributed by atoms with Crippen LogP contribution in [0, 0.1) is 0 Å². The Morgan fingerprint density at radius 1 is 1.25 bits per heavy atom. The molecule has 0 bridgehead atoms. The smallest absolute Gasteiger partial charge is 0.111 e. The molecule has 0 N–H and O–H groups in total. The summed E-state index contributed by atoms with van der Waals surface area (Å²) in [5.41, 5.74) is 1.29. The maximum absolute atomic E-state index is 6.14. The topological polar surface area (TPSA) is 12.5 Å². The maximum atomic E-state index is 6.14. The molecule has 0 aromatic heterocycles. The van der Waals surface area contributed by atoms with Gasteiger partial charge in [0.05, 0.1) is 6.10 Å². The number of hydrogen-bond donors (Lipinski definition) is 0. The second-order valence-corrected chi connectivity index (χ2v) is 4.62. The Labute approximate surface area is 98.2 Å². The summed E-state index contributed by atoms with van der Waals surface area (Å²) in [4.78, 5) is 2.35. The largest absolute Gasteiger partial charge is 0.354 e. The molecule has 3 atom stereocenters. The summed E-state index contributed by atoms with van der Waals surface area (Å²) in [6.45, 7) is 4.45. The Morgan fingerprint density at radius 3 is 2.56 bits per heavy atom. The molecule has 1 aromatic rings. The lowest BCUT2D eigenvalue weighted by Gasteiger charge is -2.20. The first kappa shape index (κ1) is 11.6. The first-order valence-electron chi connectivity index (χ1n) is 6.16. The van der Waals surface area contributed by atoms with Crippen LogP contribution in [0.15, 0.2) is 30.3 Å². The molecular formula is C14H21NO. The van der Waals surface area contributed by atoms with E-state index in [1.165, 1.54) is 12.0 Å². The van der Waals surface area contributed by atoms with Gasteiger partial charge in [0.15, 0.2) is 0 Å². The Kier molecular flexibility index (Phi) is 3.62. The number of hydrogen-bond acceptors (Lipinski definition) is 2. The summed E-state index contributed by atoms with van der Waals surface area (Å²) >= 11 is 0. The highest BCUT2D eigenvalue weighted by atomic mass is 16.5. The van der Waals surface area contributed by atoms with E-state index in [4.69, 9.17) is 4.74 Å². The summed E-state index contributed by atoms with van der Waals surface area (Å²) < 4.78 is 6.14. The van der Waals surface area contributed by atoms with E-state index in [0.717, 1.165) is 6.42 Å². The standard InChI is InChI=1S/C14H21NO/c1-4-8-13-15(3)11(2)14(16-13)12-9-6-5-7-10-12/h5-7,9-11,13-14H,4,8H2,1-3H3/t11-,13-,14-/m0/s1. The Morgan fingerprint density at radius 2 is 1.94 bits per heavy atom. The van der Waals surface area contributed by atoms with Gasteiger partial charge in [-0.15, -0.1) is 0 Å². The molecule has 1 aromatic carbocycles. The van der Waals surface area contributed by atoms with Crippen LogP contribution in [0.4, 0.5) is 0 Å². The molecule has 2 rings (SSSR count). The predicted octanol–water partition coefficient (Wildman–Crippen LogP) is 3.20. The van der Waals surface area contributed by atoms with Crippen LogP contribution in [0.1, 0.15) is 38.4 Å². The minimum Gasteiger partial charge on any atom is -0.354 e. The van der Waals surface area contributed by atoms with Crippen molar-refractivity contribution in [2.24, 2.45) is 0 Å². The van der Waals surface area contributed by atoms with Crippen LogP contribution in [0.2, 0.25) is 0 Å². The van der Waals surface area contributed by atoms with Crippen molar-refractivity contribution in [3.63, 3.8) is 0 Å². The van der Waals surface area contributed by atoms with Crippen LogP contribution in [-0.4, -0.2) is 24.2 Å². The van der Waals surface area contributed by atoms with Crippen molar-refractivity contribution < 1.29 is 4.74 Å². The van der Waals surface area contributed by atoms with Crippen LogP contribution < -0.4 is 0 Å². The predicted molar refractivity (Wildman–Crippen MR) is 66.2 cm³/mol. The summed E-state index contributed by atoms with van der Waals surface area (Å²) in [6, 6.07) is 11.0. The van der Waals surface area contributed by atoms with Gasteiger partial charge in [0.2, 0.25) is 0 Å². The number of rotatable bonds is 3. The van der Waals surface area contributed by atoms with Gasteiger partial charge in [-0.1, -0.05) is 43.7 Å². The molecule has 0 spiro atoms. The van der Waals surface area contributed by atoms with Gasteiger partial charge in [-0.05, 0) is 26.0 Å².